The third-order valence-electron chi connectivity index (χ3n) is 3.52. The second kappa shape index (κ2) is 5.65. The van der Waals surface area contributed by atoms with Gasteiger partial charge in [-0.2, -0.15) is 0 Å². The quantitative estimate of drug-likeness (QED) is 0.865. The van der Waals surface area contributed by atoms with Crippen LogP contribution >= 0.6 is 0 Å². The van der Waals surface area contributed by atoms with Gasteiger partial charge in [-0.15, -0.1) is 0 Å². The van der Waals surface area contributed by atoms with Crippen molar-refractivity contribution in [1.82, 2.24) is 5.32 Å². The zero-order valence-electron chi connectivity index (χ0n) is 10.7. The van der Waals surface area contributed by atoms with E-state index in [-0.39, 0.29) is 23.3 Å². The van der Waals surface area contributed by atoms with Gasteiger partial charge in [-0.25, -0.2) is 8.78 Å². The molecule has 1 amide bonds. The number of halogens is 2. The molecule has 0 aliphatic heterocycles. The van der Waals surface area contributed by atoms with Crippen molar-refractivity contribution in [3.8, 4) is 0 Å². The molecule has 0 unspecified atom stereocenters. The van der Waals surface area contributed by atoms with E-state index >= 15 is 0 Å². The molecule has 3 nitrogen and oxygen atoms in total. The van der Waals surface area contributed by atoms with Gasteiger partial charge in [0.05, 0.1) is 11.7 Å². The lowest BCUT2D eigenvalue weighted by Crippen LogP contribution is -2.39. The van der Waals surface area contributed by atoms with Gasteiger partial charge < -0.3 is 10.4 Å². The Morgan fingerprint density at radius 1 is 1.21 bits per heavy atom. The van der Waals surface area contributed by atoms with Crippen LogP contribution in [0.25, 0.3) is 0 Å². The molecular formula is C14H17F2NO2. The minimum Gasteiger partial charge on any atom is -0.393 e. The van der Waals surface area contributed by atoms with E-state index in [1.807, 2.05) is 0 Å². The summed E-state index contributed by atoms with van der Waals surface area (Å²) in [6.07, 6.45) is 2.31. The molecule has 5 heteroatoms. The number of aryl methyl sites for hydroxylation is 1. The van der Waals surface area contributed by atoms with Crippen molar-refractivity contribution in [2.75, 3.05) is 0 Å². The summed E-state index contributed by atoms with van der Waals surface area (Å²) in [6.45, 7) is 1.49. The summed E-state index contributed by atoms with van der Waals surface area (Å²) in [4.78, 5) is 11.9. The predicted molar refractivity (Wildman–Crippen MR) is 66.8 cm³/mol. The van der Waals surface area contributed by atoms with E-state index in [1.165, 1.54) is 13.0 Å². The van der Waals surface area contributed by atoms with Crippen LogP contribution in [0.3, 0.4) is 0 Å². The fourth-order valence-corrected chi connectivity index (χ4v) is 2.31. The van der Waals surface area contributed by atoms with E-state index < -0.39 is 17.5 Å². The molecule has 1 aliphatic rings. The topological polar surface area (TPSA) is 49.3 Å². The van der Waals surface area contributed by atoms with Crippen molar-refractivity contribution in [2.45, 2.75) is 44.8 Å². The summed E-state index contributed by atoms with van der Waals surface area (Å²) >= 11 is 0. The largest absolute Gasteiger partial charge is 0.393 e. The normalized spacial score (nSPS) is 23.2. The lowest BCUT2D eigenvalue weighted by Gasteiger charge is -2.26. The number of aliphatic hydroxyl groups excluding tert-OH is 1. The summed E-state index contributed by atoms with van der Waals surface area (Å²) in [5.41, 5.74) is 0.107. The molecule has 19 heavy (non-hydrogen) atoms. The van der Waals surface area contributed by atoms with Gasteiger partial charge in [0, 0.05) is 12.1 Å². The molecule has 1 aromatic rings. The van der Waals surface area contributed by atoms with Crippen LogP contribution in [-0.4, -0.2) is 23.2 Å². The first kappa shape index (κ1) is 13.9. The molecular weight excluding hydrogens is 252 g/mol. The van der Waals surface area contributed by atoms with Gasteiger partial charge in [-0.3, -0.25) is 4.79 Å². The molecule has 0 spiro atoms. The average Bonchev–Trinajstić information content (AvgIpc) is 2.36. The van der Waals surface area contributed by atoms with E-state index in [0.29, 0.717) is 25.7 Å². The highest BCUT2D eigenvalue weighted by atomic mass is 19.1. The number of carbonyl (C=O) groups excluding carboxylic acids is 1. The van der Waals surface area contributed by atoms with Crippen LogP contribution in [0.2, 0.25) is 0 Å². The van der Waals surface area contributed by atoms with Crippen molar-refractivity contribution in [2.24, 2.45) is 0 Å². The number of carbonyl (C=O) groups is 1. The Labute approximate surface area is 110 Å². The van der Waals surface area contributed by atoms with Crippen LogP contribution in [0, 0.1) is 18.6 Å². The highest BCUT2D eigenvalue weighted by molar-refractivity contribution is 5.94. The lowest BCUT2D eigenvalue weighted by molar-refractivity contribution is 0.0864. The van der Waals surface area contributed by atoms with E-state index in [2.05, 4.69) is 5.32 Å². The number of nitrogens with one attached hydrogen (secondary N) is 1. The molecule has 1 fully saturated rings. The molecule has 1 aliphatic carbocycles. The second-order valence-electron chi connectivity index (χ2n) is 5.06. The van der Waals surface area contributed by atoms with Crippen molar-refractivity contribution in [3.63, 3.8) is 0 Å². The molecule has 2 rings (SSSR count). The Hall–Kier alpha value is -1.49. The average molecular weight is 269 g/mol. The summed E-state index contributed by atoms with van der Waals surface area (Å²) in [5.74, 6) is -2.03. The van der Waals surface area contributed by atoms with Crippen molar-refractivity contribution < 1.29 is 18.7 Å². The Kier molecular flexibility index (Phi) is 4.14. The third kappa shape index (κ3) is 3.29. The molecule has 104 valence electrons. The van der Waals surface area contributed by atoms with Gasteiger partial charge in [0.15, 0.2) is 0 Å². The van der Waals surface area contributed by atoms with Crippen LogP contribution in [0.15, 0.2) is 12.1 Å². The lowest BCUT2D eigenvalue weighted by atomic mass is 9.93. The van der Waals surface area contributed by atoms with E-state index in [9.17, 15) is 18.7 Å². The first-order valence-corrected chi connectivity index (χ1v) is 6.42. The summed E-state index contributed by atoms with van der Waals surface area (Å²) in [7, 11) is 0. The van der Waals surface area contributed by atoms with Gasteiger partial charge >= 0.3 is 0 Å². The Morgan fingerprint density at radius 2 is 1.84 bits per heavy atom. The minimum atomic E-state index is -0.851. The predicted octanol–water partition coefficient (Wildman–Crippen LogP) is 2.31. The highest BCUT2D eigenvalue weighted by Crippen LogP contribution is 2.20. The van der Waals surface area contributed by atoms with Crippen LogP contribution in [-0.2, 0) is 0 Å². The van der Waals surface area contributed by atoms with Crippen molar-refractivity contribution in [3.05, 3.63) is 34.9 Å². The van der Waals surface area contributed by atoms with E-state index in [4.69, 9.17) is 0 Å². The van der Waals surface area contributed by atoms with Gasteiger partial charge in [-0.05, 0) is 44.2 Å². The monoisotopic (exact) mass is 269 g/mol. The second-order valence-corrected chi connectivity index (χ2v) is 5.06. The minimum absolute atomic E-state index is 0.0549. The molecule has 0 radical (unpaired) electrons. The standard InChI is InChI=1S/C14H17F2NO2/c1-8-6-11(13(16)7-12(8)15)14(19)17-9-2-4-10(18)5-3-9/h6-7,9-10,18H,2-5H2,1H3,(H,17,19). The van der Waals surface area contributed by atoms with Crippen LogP contribution in [0.4, 0.5) is 8.78 Å². The molecule has 2 N–H and O–H groups in total. The summed E-state index contributed by atoms with van der Waals surface area (Å²) < 4.78 is 26.7. The van der Waals surface area contributed by atoms with Crippen molar-refractivity contribution >= 4 is 5.91 Å². The number of hydrogen-bond donors (Lipinski definition) is 2. The van der Waals surface area contributed by atoms with Gasteiger partial charge in [-0.1, -0.05) is 0 Å². The Bertz CT molecular complexity index is 483. The first-order chi connectivity index (χ1) is 8.97. The van der Waals surface area contributed by atoms with Gasteiger partial charge in [0.1, 0.15) is 11.6 Å². The molecule has 0 saturated heterocycles. The zero-order chi connectivity index (χ0) is 14.0. The Balaban J connectivity index is 2.06. The molecule has 0 bridgehead atoms. The van der Waals surface area contributed by atoms with Crippen LogP contribution < -0.4 is 5.32 Å². The molecule has 0 heterocycles. The number of aliphatic hydroxyl groups is 1. The van der Waals surface area contributed by atoms with Crippen LogP contribution in [0.5, 0.6) is 0 Å². The van der Waals surface area contributed by atoms with Crippen molar-refractivity contribution in [1.29, 1.82) is 0 Å². The highest BCUT2D eigenvalue weighted by Gasteiger charge is 2.22. The fourth-order valence-electron chi connectivity index (χ4n) is 2.31. The summed E-state index contributed by atoms with van der Waals surface area (Å²) in [6, 6.07) is 1.90. The number of amides is 1. The smallest absolute Gasteiger partial charge is 0.254 e. The first-order valence-electron chi connectivity index (χ1n) is 6.42. The van der Waals surface area contributed by atoms with Gasteiger partial charge in [0.25, 0.3) is 5.91 Å². The molecule has 0 aromatic heterocycles. The number of rotatable bonds is 2. The van der Waals surface area contributed by atoms with E-state index in [1.54, 1.807) is 0 Å². The summed E-state index contributed by atoms with van der Waals surface area (Å²) in [5, 5.41) is 12.1. The molecule has 1 aromatic carbocycles. The number of hydrogen-bond acceptors (Lipinski definition) is 2. The van der Waals surface area contributed by atoms with E-state index in [0.717, 1.165) is 6.07 Å². The third-order valence-corrected chi connectivity index (χ3v) is 3.52. The Morgan fingerprint density at radius 3 is 2.47 bits per heavy atom. The fraction of sp³-hybridized carbons (Fsp3) is 0.500. The number of benzene rings is 1. The molecule has 1 saturated carbocycles. The van der Waals surface area contributed by atoms with Crippen LogP contribution in [0.1, 0.15) is 41.6 Å². The maximum absolute atomic E-state index is 13.6. The SMILES string of the molecule is Cc1cc(C(=O)NC2CCC(O)CC2)c(F)cc1F. The zero-order valence-corrected chi connectivity index (χ0v) is 10.7. The maximum atomic E-state index is 13.6. The molecule has 0 atom stereocenters. The van der Waals surface area contributed by atoms with Gasteiger partial charge in [0.2, 0.25) is 0 Å². The maximum Gasteiger partial charge on any atom is 0.254 e.